The fourth-order valence-corrected chi connectivity index (χ4v) is 3.58. The summed E-state index contributed by atoms with van der Waals surface area (Å²) in [7, 11) is 0. The van der Waals surface area contributed by atoms with Crippen LogP contribution in [0.1, 0.15) is 32.6 Å². The van der Waals surface area contributed by atoms with Gasteiger partial charge in [-0.15, -0.1) is 0 Å². The molecule has 0 aliphatic heterocycles. The highest BCUT2D eigenvalue weighted by Crippen LogP contribution is 2.36. The molecule has 4 rings (SSSR count). The lowest BCUT2D eigenvalue weighted by Crippen LogP contribution is -2.03. The van der Waals surface area contributed by atoms with Crippen LogP contribution >= 0.6 is 0 Å². The number of hydrogen-bond donors (Lipinski definition) is 1. The Balaban J connectivity index is 1.56. The van der Waals surface area contributed by atoms with Gasteiger partial charge in [0, 0.05) is 0 Å². The Bertz CT molecular complexity index is 925. The van der Waals surface area contributed by atoms with Crippen LogP contribution in [0, 0.1) is 0 Å². The first-order chi connectivity index (χ1) is 11.7. The van der Waals surface area contributed by atoms with E-state index in [0.717, 1.165) is 24.8 Å². The normalized spacial score (nSPS) is 11.8. The Morgan fingerprint density at radius 1 is 0.833 bits per heavy atom. The molecule has 1 aliphatic carbocycles. The Hall–Kier alpha value is -2.87. The number of carbonyl (C=O) groups is 1. The summed E-state index contributed by atoms with van der Waals surface area (Å²) in [5.74, 6) is -0.852. The molecule has 0 aromatic heterocycles. The molecular formula is C22H18O2. The van der Waals surface area contributed by atoms with Crippen LogP contribution in [-0.2, 0) is 19.3 Å². The van der Waals surface area contributed by atoms with E-state index in [2.05, 4.69) is 42.5 Å². The van der Waals surface area contributed by atoms with Gasteiger partial charge in [0.15, 0.2) is 0 Å². The van der Waals surface area contributed by atoms with Crippen molar-refractivity contribution in [2.45, 2.75) is 19.3 Å². The molecule has 0 amide bonds. The Morgan fingerprint density at radius 3 is 2.46 bits per heavy atom. The molecule has 0 saturated carbocycles. The molecule has 0 unspecified atom stereocenters. The van der Waals surface area contributed by atoms with Gasteiger partial charge >= 0.3 is 5.97 Å². The lowest BCUT2D eigenvalue weighted by Gasteiger charge is -2.08. The first kappa shape index (κ1) is 14.7. The lowest BCUT2D eigenvalue weighted by atomic mass is 9.97. The maximum atomic E-state index is 11.3. The van der Waals surface area contributed by atoms with Gasteiger partial charge in [-0.05, 0) is 58.7 Å². The van der Waals surface area contributed by atoms with Crippen LogP contribution in [0.3, 0.4) is 0 Å². The third-order valence-electron chi connectivity index (χ3n) is 4.79. The fraction of sp³-hybridized carbons (Fsp3) is 0.136. The largest absolute Gasteiger partial charge is 0.478 e. The standard InChI is InChI=1S/C22H18O2/c23-22(24)21-8-4-1-5-16(21)11-9-15-10-12-20-18(13-15)14-17-6-2-3-7-19(17)20/h1-8,10,12-13H,9,11,14H2,(H,23,24). The molecule has 2 nitrogen and oxygen atoms in total. The van der Waals surface area contributed by atoms with E-state index in [4.69, 9.17) is 0 Å². The Morgan fingerprint density at radius 2 is 1.58 bits per heavy atom. The van der Waals surface area contributed by atoms with E-state index in [9.17, 15) is 9.90 Å². The van der Waals surface area contributed by atoms with Crippen LogP contribution in [-0.4, -0.2) is 11.1 Å². The van der Waals surface area contributed by atoms with Crippen molar-refractivity contribution >= 4 is 5.97 Å². The summed E-state index contributed by atoms with van der Waals surface area (Å²) in [6.07, 6.45) is 2.59. The number of fused-ring (bicyclic) bond motifs is 3. The summed E-state index contributed by atoms with van der Waals surface area (Å²) < 4.78 is 0. The summed E-state index contributed by atoms with van der Waals surface area (Å²) in [4.78, 5) is 11.3. The zero-order chi connectivity index (χ0) is 16.5. The van der Waals surface area contributed by atoms with Crippen molar-refractivity contribution in [3.8, 4) is 11.1 Å². The van der Waals surface area contributed by atoms with E-state index in [1.165, 1.54) is 27.8 Å². The lowest BCUT2D eigenvalue weighted by molar-refractivity contribution is 0.0695. The quantitative estimate of drug-likeness (QED) is 0.590. The number of hydrogen-bond acceptors (Lipinski definition) is 1. The van der Waals surface area contributed by atoms with Gasteiger partial charge < -0.3 is 5.11 Å². The summed E-state index contributed by atoms with van der Waals surface area (Å²) in [6, 6.07) is 22.5. The summed E-state index contributed by atoms with van der Waals surface area (Å²) >= 11 is 0. The molecule has 0 spiro atoms. The van der Waals surface area contributed by atoms with Gasteiger partial charge in [0.2, 0.25) is 0 Å². The van der Waals surface area contributed by atoms with E-state index in [0.29, 0.717) is 5.56 Å². The number of rotatable bonds is 4. The van der Waals surface area contributed by atoms with E-state index >= 15 is 0 Å². The Kier molecular flexibility index (Phi) is 3.66. The minimum Gasteiger partial charge on any atom is -0.478 e. The van der Waals surface area contributed by atoms with Crippen molar-refractivity contribution < 1.29 is 9.90 Å². The molecule has 118 valence electrons. The molecule has 0 heterocycles. The minimum absolute atomic E-state index is 0.408. The molecule has 0 fully saturated rings. The summed E-state index contributed by atoms with van der Waals surface area (Å²) in [5, 5.41) is 9.29. The maximum Gasteiger partial charge on any atom is 0.335 e. The van der Waals surface area contributed by atoms with Crippen LogP contribution in [0.4, 0.5) is 0 Å². The molecule has 1 N–H and O–H groups in total. The molecule has 0 saturated heterocycles. The predicted octanol–water partition coefficient (Wildman–Crippen LogP) is 4.74. The number of benzene rings is 3. The topological polar surface area (TPSA) is 37.3 Å². The molecule has 2 heteroatoms. The first-order valence-electron chi connectivity index (χ1n) is 8.23. The molecule has 24 heavy (non-hydrogen) atoms. The van der Waals surface area contributed by atoms with Gasteiger partial charge in [-0.25, -0.2) is 4.79 Å². The minimum atomic E-state index is -0.852. The van der Waals surface area contributed by atoms with Crippen molar-refractivity contribution in [2.24, 2.45) is 0 Å². The van der Waals surface area contributed by atoms with Crippen LogP contribution in [0.15, 0.2) is 66.7 Å². The fourth-order valence-electron chi connectivity index (χ4n) is 3.58. The van der Waals surface area contributed by atoms with E-state index in [1.54, 1.807) is 12.1 Å². The molecule has 3 aromatic carbocycles. The van der Waals surface area contributed by atoms with E-state index < -0.39 is 5.97 Å². The molecule has 1 aliphatic rings. The number of aromatic carboxylic acids is 1. The van der Waals surface area contributed by atoms with Gasteiger partial charge in [-0.2, -0.15) is 0 Å². The van der Waals surface area contributed by atoms with Crippen molar-refractivity contribution in [3.05, 3.63) is 94.5 Å². The number of aryl methyl sites for hydroxylation is 2. The second-order valence-corrected chi connectivity index (χ2v) is 6.29. The average molecular weight is 314 g/mol. The van der Waals surface area contributed by atoms with Gasteiger partial charge in [-0.1, -0.05) is 60.7 Å². The summed E-state index contributed by atoms with van der Waals surface area (Å²) in [6.45, 7) is 0. The van der Waals surface area contributed by atoms with Crippen LogP contribution in [0.25, 0.3) is 11.1 Å². The predicted molar refractivity (Wildman–Crippen MR) is 95.5 cm³/mol. The second kappa shape index (κ2) is 5.97. The van der Waals surface area contributed by atoms with Crippen molar-refractivity contribution in [3.63, 3.8) is 0 Å². The third kappa shape index (κ3) is 2.61. The van der Waals surface area contributed by atoms with Crippen LogP contribution in [0.2, 0.25) is 0 Å². The highest BCUT2D eigenvalue weighted by atomic mass is 16.4. The van der Waals surface area contributed by atoms with Crippen LogP contribution in [0.5, 0.6) is 0 Å². The molecular weight excluding hydrogens is 296 g/mol. The Labute approximate surface area is 141 Å². The van der Waals surface area contributed by atoms with Gasteiger partial charge in [0.1, 0.15) is 0 Å². The molecule has 3 aromatic rings. The van der Waals surface area contributed by atoms with Crippen molar-refractivity contribution in [1.29, 1.82) is 0 Å². The van der Waals surface area contributed by atoms with Crippen molar-refractivity contribution in [2.75, 3.05) is 0 Å². The third-order valence-corrected chi connectivity index (χ3v) is 4.79. The number of carboxylic acid groups (broad SMARTS) is 1. The van der Waals surface area contributed by atoms with Gasteiger partial charge in [0.25, 0.3) is 0 Å². The second-order valence-electron chi connectivity index (χ2n) is 6.29. The SMILES string of the molecule is O=C(O)c1ccccc1CCc1ccc2c(c1)Cc1ccccc1-2. The highest BCUT2D eigenvalue weighted by Gasteiger charge is 2.18. The number of carboxylic acids is 1. The van der Waals surface area contributed by atoms with Crippen molar-refractivity contribution in [1.82, 2.24) is 0 Å². The average Bonchev–Trinajstić information content (AvgIpc) is 2.98. The smallest absolute Gasteiger partial charge is 0.335 e. The zero-order valence-corrected chi connectivity index (χ0v) is 13.3. The molecule has 0 radical (unpaired) electrons. The molecule has 0 bridgehead atoms. The van der Waals surface area contributed by atoms with Gasteiger partial charge in [-0.3, -0.25) is 0 Å². The van der Waals surface area contributed by atoms with E-state index in [-0.39, 0.29) is 0 Å². The highest BCUT2D eigenvalue weighted by molar-refractivity contribution is 5.89. The zero-order valence-electron chi connectivity index (χ0n) is 13.3. The monoisotopic (exact) mass is 314 g/mol. The summed E-state index contributed by atoms with van der Waals surface area (Å²) in [5.41, 5.74) is 8.01. The molecule has 0 atom stereocenters. The van der Waals surface area contributed by atoms with Crippen LogP contribution < -0.4 is 0 Å². The first-order valence-corrected chi connectivity index (χ1v) is 8.23. The van der Waals surface area contributed by atoms with Gasteiger partial charge in [0.05, 0.1) is 5.56 Å². The maximum absolute atomic E-state index is 11.3. The van der Waals surface area contributed by atoms with E-state index in [1.807, 2.05) is 12.1 Å².